The van der Waals surface area contributed by atoms with Gasteiger partial charge >= 0.3 is 5.97 Å². The molecule has 2 aromatic rings. The highest BCUT2D eigenvalue weighted by Crippen LogP contribution is 2.18. The molecule has 0 atom stereocenters. The van der Waals surface area contributed by atoms with Gasteiger partial charge in [0.15, 0.2) is 10.8 Å². The van der Waals surface area contributed by atoms with Crippen LogP contribution in [0.5, 0.6) is 5.75 Å². The summed E-state index contributed by atoms with van der Waals surface area (Å²) in [5, 5.41) is 1.48. The van der Waals surface area contributed by atoms with Gasteiger partial charge in [-0.05, 0) is 31.2 Å². The molecule has 24 heavy (non-hydrogen) atoms. The number of hydrogen-bond acceptors (Lipinski definition) is 7. The van der Waals surface area contributed by atoms with Crippen LogP contribution in [-0.2, 0) is 14.8 Å². The van der Waals surface area contributed by atoms with Crippen molar-refractivity contribution in [3.8, 4) is 5.75 Å². The fourth-order valence-corrected chi connectivity index (χ4v) is 3.42. The van der Waals surface area contributed by atoms with E-state index < -0.39 is 21.8 Å². The van der Waals surface area contributed by atoms with Crippen molar-refractivity contribution in [2.75, 3.05) is 23.7 Å². The maximum Gasteiger partial charge on any atom is 0.357 e. The van der Waals surface area contributed by atoms with E-state index in [2.05, 4.69) is 9.71 Å². The molecule has 0 fully saturated rings. The van der Waals surface area contributed by atoms with E-state index in [9.17, 15) is 17.6 Å². The van der Waals surface area contributed by atoms with E-state index in [0.717, 1.165) is 11.3 Å². The number of nitrogens with one attached hydrogen (secondary N) is 1. The van der Waals surface area contributed by atoms with Gasteiger partial charge in [-0.15, -0.1) is 11.3 Å². The van der Waals surface area contributed by atoms with Crippen molar-refractivity contribution in [3.05, 3.63) is 41.2 Å². The van der Waals surface area contributed by atoms with Crippen LogP contribution in [0.15, 0.2) is 29.6 Å². The van der Waals surface area contributed by atoms with E-state index >= 15 is 0 Å². The van der Waals surface area contributed by atoms with Crippen LogP contribution in [0, 0.1) is 5.82 Å². The number of benzene rings is 1. The van der Waals surface area contributed by atoms with Crippen LogP contribution in [0.25, 0.3) is 0 Å². The Morgan fingerprint density at radius 2 is 2.04 bits per heavy atom. The van der Waals surface area contributed by atoms with Gasteiger partial charge in [-0.1, -0.05) is 0 Å². The van der Waals surface area contributed by atoms with Gasteiger partial charge in [0.25, 0.3) is 0 Å². The number of thiazole rings is 1. The summed E-state index contributed by atoms with van der Waals surface area (Å²) in [6.07, 6.45) is 0. The van der Waals surface area contributed by atoms with Crippen LogP contribution in [0.1, 0.15) is 17.4 Å². The highest BCUT2D eigenvalue weighted by atomic mass is 32.2. The van der Waals surface area contributed by atoms with Gasteiger partial charge in [-0.25, -0.2) is 22.6 Å². The van der Waals surface area contributed by atoms with Crippen LogP contribution < -0.4 is 9.46 Å². The van der Waals surface area contributed by atoms with E-state index in [-0.39, 0.29) is 29.8 Å². The summed E-state index contributed by atoms with van der Waals surface area (Å²) in [4.78, 5) is 15.3. The second-order valence-corrected chi connectivity index (χ2v) is 7.18. The number of hydrogen-bond donors (Lipinski definition) is 1. The largest absolute Gasteiger partial charge is 0.492 e. The fraction of sp³-hybridized carbons (Fsp3) is 0.286. The van der Waals surface area contributed by atoms with Gasteiger partial charge in [-0.2, -0.15) is 0 Å². The molecule has 1 aromatic heterocycles. The van der Waals surface area contributed by atoms with Crippen molar-refractivity contribution in [1.29, 1.82) is 0 Å². The molecular formula is C14H15FN2O5S2. The average Bonchev–Trinajstić information content (AvgIpc) is 2.97. The zero-order valence-corrected chi connectivity index (χ0v) is 14.3. The Morgan fingerprint density at radius 3 is 2.71 bits per heavy atom. The number of ether oxygens (including phenoxy) is 2. The number of carbonyl (C=O) groups is 1. The summed E-state index contributed by atoms with van der Waals surface area (Å²) in [6.45, 7) is 1.75. The quantitative estimate of drug-likeness (QED) is 0.713. The normalized spacial score (nSPS) is 11.1. The van der Waals surface area contributed by atoms with Gasteiger partial charge in [-0.3, -0.25) is 4.72 Å². The summed E-state index contributed by atoms with van der Waals surface area (Å²) in [5.74, 6) is -0.972. The number of sulfonamides is 1. The van der Waals surface area contributed by atoms with Crippen LogP contribution >= 0.6 is 11.3 Å². The fourth-order valence-electron chi connectivity index (χ4n) is 1.60. The number of halogens is 1. The van der Waals surface area contributed by atoms with Crippen LogP contribution in [-0.4, -0.2) is 38.3 Å². The van der Waals surface area contributed by atoms with E-state index in [0.29, 0.717) is 5.75 Å². The van der Waals surface area contributed by atoms with Crippen molar-refractivity contribution in [3.63, 3.8) is 0 Å². The number of esters is 1. The average molecular weight is 374 g/mol. The first-order valence-electron chi connectivity index (χ1n) is 6.91. The first-order chi connectivity index (χ1) is 11.4. The van der Waals surface area contributed by atoms with Gasteiger partial charge in [0.2, 0.25) is 10.0 Å². The SMILES string of the molecule is CCOC(=O)c1csc(NS(=O)(=O)CCOc2ccc(F)cc2)n1. The molecular weight excluding hydrogens is 359 g/mol. The topological polar surface area (TPSA) is 94.6 Å². The van der Waals surface area contributed by atoms with E-state index in [1.807, 2.05) is 0 Å². The Labute approximate surface area is 142 Å². The summed E-state index contributed by atoms with van der Waals surface area (Å²) in [7, 11) is -3.69. The minimum atomic E-state index is -3.69. The molecule has 1 heterocycles. The molecule has 0 unspecified atom stereocenters. The minimum absolute atomic E-state index is 0.0436. The molecule has 130 valence electrons. The summed E-state index contributed by atoms with van der Waals surface area (Å²) in [6, 6.07) is 5.24. The lowest BCUT2D eigenvalue weighted by molar-refractivity contribution is 0.0520. The zero-order valence-electron chi connectivity index (χ0n) is 12.7. The molecule has 0 bridgehead atoms. The van der Waals surface area contributed by atoms with E-state index in [1.54, 1.807) is 6.92 Å². The van der Waals surface area contributed by atoms with Gasteiger partial charge in [0.1, 0.15) is 23.9 Å². The van der Waals surface area contributed by atoms with Crippen molar-refractivity contribution >= 4 is 32.5 Å². The van der Waals surface area contributed by atoms with Gasteiger partial charge in [0, 0.05) is 5.38 Å². The standard InChI is InChI=1S/C14H15FN2O5S2/c1-2-21-13(18)12-9-23-14(16-12)17-24(19,20)8-7-22-11-5-3-10(15)4-6-11/h3-6,9H,2,7-8H2,1H3,(H,16,17). The van der Waals surface area contributed by atoms with E-state index in [1.165, 1.54) is 29.6 Å². The number of nitrogens with zero attached hydrogens (tertiary/aromatic N) is 1. The van der Waals surface area contributed by atoms with Crippen LogP contribution in [0.2, 0.25) is 0 Å². The molecule has 2 rings (SSSR count). The third-order valence-electron chi connectivity index (χ3n) is 2.67. The van der Waals surface area contributed by atoms with Crippen LogP contribution in [0.3, 0.4) is 0 Å². The molecule has 1 aromatic carbocycles. The molecule has 0 spiro atoms. The Kier molecular flexibility index (Phi) is 6.10. The van der Waals surface area contributed by atoms with Crippen molar-refractivity contribution < 1.29 is 27.1 Å². The number of carbonyl (C=O) groups excluding carboxylic acids is 1. The van der Waals surface area contributed by atoms with Crippen molar-refractivity contribution in [2.45, 2.75) is 6.92 Å². The molecule has 0 saturated heterocycles. The van der Waals surface area contributed by atoms with E-state index in [4.69, 9.17) is 9.47 Å². The van der Waals surface area contributed by atoms with Gasteiger partial charge < -0.3 is 9.47 Å². The first-order valence-corrected chi connectivity index (χ1v) is 9.44. The molecule has 0 aliphatic rings. The second-order valence-electron chi connectivity index (χ2n) is 4.48. The Bertz CT molecular complexity index is 790. The Balaban J connectivity index is 1.87. The molecule has 0 saturated carbocycles. The lowest BCUT2D eigenvalue weighted by Gasteiger charge is -2.07. The Hall–Kier alpha value is -2.20. The lowest BCUT2D eigenvalue weighted by Crippen LogP contribution is -2.21. The predicted molar refractivity (Wildman–Crippen MR) is 87.4 cm³/mol. The zero-order chi connectivity index (χ0) is 17.6. The highest BCUT2D eigenvalue weighted by molar-refractivity contribution is 7.92. The monoisotopic (exact) mass is 374 g/mol. The molecule has 0 aliphatic heterocycles. The Morgan fingerprint density at radius 1 is 1.33 bits per heavy atom. The first kappa shape index (κ1) is 18.1. The predicted octanol–water partition coefficient (Wildman–Crippen LogP) is 2.28. The smallest absolute Gasteiger partial charge is 0.357 e. The molecule has 1 N–H and O–H groups in total. The number of anilines is 1. The second kappa shape index (κ2) is 8.06. The molecule has 10 heteroatoms. The molecule has 7 nitrogen and oxygen atoms in total. The molecule has 0 aliphatic carbocycles. The number of rotatable bonds is 8. The van der Waals surface area contributed by atoms with Crippen LogP contribution in [0.4, 0.5) is 9.52 Å². The van der Waals surface area contributed by atoms with Crippen molar-refractivity contribution in [2.24, 2.45) is 0 Å². The third-order valence-corrected chi connectivity index (χ3v) is 4.76. The maximum atomic E-state index is 12.7. The molecule has 0 radical (unpaired) electrons. The number of aromatic nitrogens is 1. The minimum Gasteiger partial charge on any atom is -0.492 e. The summed E-state index contributed by atoms with van der Waals surface area (Å²) >= 11 is 0.977. The highest BCUT2D eigenvalue weighted by Gasteiger charge is 2.16. The summed E-state index contributed by atoms with van der Waals surface area (Å²) < 4.78 is 48.9. The van der Waals surface area contributed by atoms with Gasteiger partial charge in [0.05, 0.1) is 6.61 Å². The molecule has 0 amide bonds. The third kappa shape index (κ3) is 5.46. The van der Waals surface area contributed by atoms with Crippen molar-refractivity contribution in [1.82, 2.24) is 4.98 Å². The summed E-state index contributed by atoms with van der Waals surface area (Å²) in [5.41, 5.74) is 0.0436. The maximum absolute atomic E-state index is 12.7. The lowest BCUT2D eigenvalue weighted by atomic mass is 10.3.